The first-order valence-electron chi connectivity index (χ1n) is 11.0. The van der Waals surface area contributed by atoms with E-state index in [1.165, 1.54) is 0 Å². The molecule has 8 nitrogen and oxygen atoms in total. The number of benzene rings is 2. The van der Waals surface area contributed by atoms with Crippen LogP contribution in [0, 0.1) is 0 Å². The number of nitrogens with zero attached hydrogens (tertiary/aromatic N) is 7. The second kappa shape index (κ2) is 8.74. The maximum absolute atomic E-state index is 13.2. The Balaban J connectivity index is 1.33. The largest absolute Gasteiger partial charge is 0.351 e. The Bertz CT molecular complexity index is 1200. The first-order valence-corrected chi connectivity index (χ1v) is 11.0. The third kappa shape index (κ3) is 3.68. The van der Waals surface area contributed by atoms with Gasteiger partial charge in [0.2, 0.25) is 5.91 Å². The predicted octanol–water partition coefficient (Wildman–Crippen LogP) is 3.05. The molecule has 0 spiro atoms. The number of rotatable bonds is 5. The number of amides is 1. The first-order chi connectivity index (χ1) is 15.8. The Morgan fingerprint density at radius 2 is 1.62 bits per heavy atom. The van der Waals surface area contributed by atoms with Crippen molar-refractivity contribution in [1.29, 1.82) is 0 Å². The second-order valence-electron chi connectivity index (χ2n) is 7.89. The van der Waals surface area contributed by atoms with Gasteiger partial charge in [-0.15, -0.1) is 5.10 Å². The molecule has 1 aliphatic rings. The van der Waals surface area contributed by atoms with Gasteiger partial charge in [-0.25, -0.2) is 9.97 Å². The van der Waals surface area contributed by atoms with Gasteiger partial charge in [-0.1, -0.05) is 60.7 Å². The molecule has 1 fully saturated rings. The molecule has 0 bridgehead atoms. The van der Waals surface area contributed by atoms with Gasteiger partial charge < -0.3 is 9.80 Å². The molecule has 0 unspecified atom stereocenters. The van der Waals surface area contributed by atoms with Crippen LogP contribution in [0.5, 0.6) is 0 Å². The molecule has 162 valence electrons. The molecule has 1 saturated heterocycles. The maximum Gasteiger partial charge on any atom is 0.230 e. The van der Waals surface area contributed by atoms with E-state index >= 15 is 0 Å². The van der Waals surface area contributed by atoms with E-state index in [4.69, 9.17) is 0 Å². The standard InChI is InChI=1S/C24H25N7O/c1-2-20(18-9-5-3-6-10-18)24(32)30-15-13-29(14-16-30)22-21-23(26-17-25-22)31(28-27-21)19-11-7-4-8-12-19/h3-12,17,20H,2,13-16H2,1H3/t20-/m0/s1. The summed E-state index contributed by atoms with van der Waals surface area (Å²) in [5, 5.41) is 8.68. The van der Waals surface area contributed by atoms with Crippen molar-refractivity contribution in [3.63, 3.8) is 0 Å². The third-order valence-electron chi connectivity index (χ3n) is 6.02. The number of aromatic nitrogens is 5. The molecule has 2 aromatic heterocycles. The number of piperazine rings is 1. The fraction of sp³-hybridized carbons (Fsp3) is 0.292. The van der Waals surface area contributed by atoms with E-state index < -0.39 is 0 Å². The normalized spacial score (nSPS) is 15.2. The van der Waals surface area contributed by atoms with Crippen molar-refractivity contribution >= 4 is 22.9 Å². The van der Waals surface area contributed by atoms with Crippen molar-refractivity contribution in [2.45, 2.75) is 19.3 Å². The zero-order valence-electron chi connectivity index (χ0n) is 18.0. The van der Waals surface area contributed by atoms with Gasteiger partial charge in [0.15, 0.2) is 17.0 Å². The van der Waals surface area contributed by atoms with E-state index in [1.54, 1.807) is 11.0 Å². The summed E-state index contributed by atoms with van der Waals surface area (Å²) in [6.45, 7) is 4.77. The topological polar surface area (TPSA) is 80.0 Å². The van der Waals surface area contributed by atoms with Gasteiger partial charge in [-0.2, -0.15) is 4.68 Å². The van der Waals surface area contributed by atoms with Crippen LogP contribution in [0.15, 0.2) is 67.0 Å². The zero-order valence-corrected chi connectivity index (χ0v) is 18.0. The van der Waals surface area contributed by atoms with Gasteiger partial charge in [0, 0.05) is 26.2 Å². The molecule has 0 N–H and O–H groups in total. The van der Waals surface area contributed by atoms with Crippen molar-refractivity contribution < 1.29 is 4.79 Å². The van der Waals surface area contributed by atoms with Crippen LogP contribution in [-0.2, 0) is 4.79 Å². The van der Waals surface area contributed by atoms with E-state index in [0.29, 0.717) is 37.3 Å². The molecule has 8 heteroatoms. The lowest BCUT2D eigenvalue weighted by atomic mass is 9.95. The smallest absolute Gasteiger partial charge is 0.230 e. The average Bonchev–Trinajstić information content (AvgIpc) is 3.30. The van der Waals surface area contributed by atoms with Crippen molar-refractivity contribution in [1.82, 2.24) is 29.9 Å². The van der Waals surface area contributed by atoms with Crippen LogP contribution in [0.1, 0.15) is 24.8 Å². The molecule has 1 aliphatic heterocycles. The van der Waals surface area contributed by atoms with Crippen molar-refractivity contribution in [3.05, 3.63) is 72.6 Å². The van der Waals surface area contributed by atoms with Gasteiger partial charge in [0.25, 0.3) is 0 Å². The van der Waals surface area contributed by atoms with Gasteiger partial charge in [0.05, 0.1) is 11.6 Å². The molecule has 4 aromatic rings. The Morgan fingerprint density at radius 3 is 2.31 bits per heavy atom. The molecular formula is C24H25N7O. The summed E-state index contributed by atoms with van der Waals surface area (Å²) in [5.74, 6) is 0.861. The lowest BCUT2D eigenvalue weighted by Gasteiger charge is -2.37. The van der Waals surface area contributed by atoms with Crippen LogP contribution < -0.4 is 4.90 Å². The molecule has 2 aromatic carbocycles. The van der Waals surface area contributed by atoms with Gasteiger partial charge in [-0.3, -0.25) is 4.79 Å². The third-order valence-corrected chi connectivity index (χ3v) is 6.02. The average molecular weight is 428 g/mol. The van der Waals surface area contributed by atoms with Crippen molar-refractivity contribution in [2.75, 3.05) is 31.1 Å². The fourth-order valence-electron chi connectivity index (χ4n) is 4.31. The van der Waals surface area contributed by atoms with Crippen LogP contribution in [0.4, 0.5) is 5.82 Å². The molecule has 3 heterocycles. The van der Waals surface area contributed by atoms with E-state index in [0.717, 1.165) is 23.5 Å². The predicted molar refractivity (Wildman–Crippen MR) is 123 cm³/mol. The minimum absolute atomic E-state index is 0.0979. The van der Waals surface area contributed by atoms with E-state index in [2.05, 4.69) is 32.1 Å². The molecule has 1 amide bonds. The lowest BCUT2D eigenvalue weighted by Crippen LogP contribution is -2.50. The van der Waals surface area contributed by atoms with Crippen LogP contribution in [-0.4, -0.2) is 61.9 Å². The summed E-state index contributed by atoms with van der Waals surface area (Å²) in [4.78, 5) is 26.3. The lowest BCUT2D eigenvalue weighted by molar-refractivity contribution is -0.133. The number of anilines is 1. The Kier molecular flexibility index (Phi) is 5.49. The van der Waals surface area contributed by atoms with Gasteiger partial charge >= 0.3 is 0 Å². The van der Waals surface area contributed by atoms with E-state index in [-0.39, 0.29) is 11.8 Å². The summed E-state index contributed by atoms with van der Waals surface area (Å²) < 4.78 is 1.73. The quantitative estimate of drug-likeness (QED) is 0.487. The summed E-state index contributed by atoms with van der Waals surface area (Å²) in [6.07, 6.45) is 2.35. The SMILES string of the molecule is CC[C@H](C(=O)N1CCN(c2ncnc3c2nnn3-c2ccccc2)CC1)c1ccccc1. The number of hydrogen-bond acceptors (Lipinski definition) is 6. The molecule has 0 aliphatic carbocycles. The second-order valence-corrected chi connectivity index (χ2v) is 7.89. The van der Waals surface area contributed by atoms with Crippen molar-refractivity contribution in [2.24, 2.45) is 0 Å². The zero-order chi connectivity index (χ0) is 21.9. The van der Waals surface area contributed by atoms with Crippen LogP contribution in [0.2, 0.25) is 0 Å². The minimum atomic E-state index is -0.0979. The Labute approximate surface area is 186 Å². The van der Waals surface area contributed by atoms with E-state index in [1.807, 2.05) is 65.6 Å². The van der Waals surface area contributed by atoms with E-state index in [9.17, 15) is 4.79 Å². The molecule has 5 rings (SSSR count). The molecule has 0 radical (unpaired) electrons. The van der Waals surface area contributed by atoms with Crippen LogP contribution in [0.25, 0.3) is 16.9 Å². The Morgan fingerprint density at radius 1 is 0.938 bits per heavy atom. The molecular weight excluding hydrogens is 402 g/mol. The molecule has 0 saturated carbocycles. The number of para-hydroxylation sites is 1. The fourth-order valence-corrected chi connectivity index (χ4v) is 4.31. The number of hydrogen-bond donors (Lipinski definition) is 0. The first kappa shape index (κ1) is 20.1. The summed E-state index contributed by atoms with van der Waals surface area (Å²) >= 11 is 0. The van der Waals surface area contributed by atoms with Crippen LogP contribution >= 0.6 is 0 Å². The Hall–Kier alpha value is -3.81. The van der Waals surface area contributed by atoms with Gasteiger partial charge in [-0.05, 0) is 24.1 Å². The highest BCUT2D eigenvalue weighted by molar-refractivity contribution is 5.85. The number of carbonyl (C=O) groups excluding carboxylic acids is 1. The highest BCUT2D eigenvalue weighted by atomic mass is 16.2. The molecule has 1 atom stereocenters. The summed E-state index contributed by atoms with van der Waals surface area (Å²) in [7, 11) is 0. The number of carbonyl (C=O) groups is 1. The highest BCUT2D eigenvalue weighted by Crippen LogP contribution is 2.26. The van der Waals surface area contributed by atoms with Gasteiger partial charge in [0.1, 0.15) is 6.33 Å². The summed E-state index contributed by atoms with van der Waals surface area (Å²) in [5.41, 5.74) is 3.33. The minimum Gasteiger partial charge on any atom is -0.351 e. The van der Waals surface area contributed by atoms with Crippen LogP contribution in [0.3, 0.4) is 0 Å². The number of fused-ring (bicyclic) bond motifs is 1. The maximum atomic E-state index is 13.2. The highest BCUT2D eigenvalue weighted by Gasteiger charge is 2.29. The van der Waals surface area contributed by atoms with Crippen molar-refractivity contribution in [3.8, 4) is 5.69 Å². The monoisotopic (exact) mass is 427 g/mol. The molecule has 32 heavy (non-hydrogen) atoms. The summed E-state index contributed by atoms with van der Waals surface area (Å²) in [6, 6.07) is 19.9.